The highest BCUT2D eigenvalue weighted by molar-refractivity contribution is 6.07. The summed E-state index contributed by atoms with van der Waals surface area (Å²) in [7, 11) is 0. The molecular formula is C34H30O7. The number of phenolic OH excluding ortho intramolecular Hbond substituents is 2. The van der Waals surface area contributed by atoms with E-state index >= 15 is 0 Å². The molecule has 41 heavy (non-hydrogen) atoms. The van der Waals surface area contributed by atoms with Crippen LogP contribution in [0.1, 0.15) is 31.8 Å². The summed E-state index contributed by atoms with van der Waals surface area (Å²) < 4.78 is 17.0. The average molecular weight is 551 g/mol. The average Bonchev–Trinajstić information content (AvgIpc) is 3.00. The van der Waals surface area contributed by atoms with Crippen molar-refractivity contribution in [1.82, 2.24) is 0 Å². The fourth-order valence-electron chi connectivity index (χ4n) is 3.68. The summed E-state index contributed by atoms with van der Waals surface area (Å²) in [5.41, 5.74) is 2.74. The van der Waals surface area contributed by atoms with E-state index in [4.69, 9.17) is 14.2 Å². The van der Waals surface area contributed by atoms with Crippen molar-refractivity contribution in [1.29, 1.82) is 0 Å². The Morgan fingerprint density at radius 1 is 0.512 bits per heavy atom. The third kappa shape index (κ3) is 9.53. The van der Waals surface area contributed by atoms with Crippen molar-refractivity contribution in [3.63, 3.8) is 0 Å². The lowest BCUT2D eigenvalue weighted by molar-refractivity contribution is 0.0764. The maximum absolute atomic E-state index is 12.2. The fourth-order valence-corrected chi connectivity index (χ4v) is 3.68. The maximum atomic E-state index is 12.2. The Balaban J connectivity index is 1.09. The molecule has 2 N–H and O–H groups in total. The second kappa shape index (κ2) is 14.9. The molecule has 4 aromatic carbocycles. The lowest BCUT2D eigenvalue weighted by atomic mass is 10.1. The van der Waals surface area contributed by atoms with Gasteiger partial charge >= 0.3 is 0 Å². The van der Waals surface area contributed by atoms with Crippen molar-refractivity contribution in [3.05, 3.63) is 131 Å². The zero-order chi connectivity index (χ0) is 28.9. The highest BCUT2D eigenvalue weighted by Gasteiger charge is 2.03. The molecule has 208 valence electrons. The van der Waals surface area contributed by atoms with E-state index in [1.54, 1.807) is 36.4 Å². The van der Waals surface area contributed by atoms with E-state index in [1.807, 2.05) is 48.5 Å². The highest BCUT2D eigenvalue weighted by Crippen LogP contribution is 2.16. The summed E-state index contributed by atoms with van der Waals surface area (Å²) in [4.78, 5) is 24.4. The van der Waals surface area contributed by atoms with Gasteiger partial charge in [0.15, 0.2) is 11.6 Å². The molecule has 0 bridgehead atoms. The van der Waals surface area contributed by atoms with E-state index in [2.05, 4.69) is 0 Å². The van der Waals surface area contributed by atoms with E-state index < -0.39 is 0 Å². The number of hydrogen-bond donors (Lipinski definition) is 2. The van der Waals surface area contributed by atoms with Crippen LogP contribution in [0.5, 0.6) is 23.0 Å². The molecule has 0 fully saturated rings. The number of carbonyl (C=O) groups is 2. The van der Waals surface area contributed by atoms with E-state index in [-0.39, 0.29) is 23.1 Å². The molecule has 0 aliphatic carbocycles. The SMILES string of the molecule is O=C(C=Cc1ccc(OCCOCCOc2ccc(C=CC(=O)c3ccc(O)cc3)cc2)cc1)c1ccc(O)cc1. The standard InChI is InChI=1S/C34H30O7/c35-29-11-7-27(8-12-29)33(37)19-5-25-1-15-31(16-2-25)40-23-21-39-22-24-41-32-17-3-26(4-18-32)6-20-34(38)28-9-13-30(36)14-10-28/h1-20,35-36H,21-24H2. The first-order valence-corrected chi connectivity index (χ1v) is 13.0. The molecule has 0 radical (unpaired) electrons. The molecule has 0 aliphatic heterocycles. The number of aromatic hydroxyl groups is 2. The Hall–Kier alpha value is -5.14. The number of rotatable bonds is 14. The number of phenols is 2. The van der Waals surface area contributed by atoms with E-state index in [9.17, 15) is 19.8 Å². The van der Waals surface area contributed by atoms with Gasteiger partial charge in [0, 0.05) is 11.1 Å². The van der Waals surface area contributed by atoms with Gasteiger partial charge in [-0.15, -0.1) is 0 Å². The van der Waals surface area contributed by atoms with Crippen molar-refractivity contribution < 1.29 is 34.0 Å². The Morgan fingerprint density at radius 3 is 1.24 bits per heavy atom. The molecule has 0 unspecified atom stereocenters. The summed E-state index contributed by atoms with van der Waals surface area (Å²) in [5.74, 6) is 1.36. The van der Waals surface area contributed by atoms with Gasteiger partial charge in [-0.05, 0) is 96.1 Å². The first kappa shape index (κ1) is 28.9. The number of carbonyl (C=O) groups excluding carboxylic acids is 2. The zero-order valence-electron chi connectivity index (χ0n) is 22.3. The third-order valence-corrected chi connectivity index (χ3v) is 5.91. The molecule has 0 amide bonds. The molecule has 0 aliphatic rings. The minimum Gasteiger partial charge on any atom is -0.508 e. The number of allylic oxidation sites excluding steroid dienone is 2. The fraction of sp³-hybridized carbons (Fsp3) is 0.118. The monoisotopic (exact) mass is 550 g/mol. The Kier molecular flexibility index (Phi) is 10.5. The molecule has 0 heterocycles. The molecule has 0 saturated carbocycles. The van der Waals surface area contributed by atoms with Gasteiger partial charge in [-0.3, -0.25) is 9.59 Å². The molecule has 0 atom stereocenters. The Bertz CT molecular complexity index is 1350. The number of benzene rings is 4. The van der Waals surface area contributed by atoms with Crippen LogP contribution in [-0.4, -0.2) is 48.2 Å². The molecule has 0 spiro atoms. The summed E-state index contributed by atoms with van der Waals surface area (Å²) in [6.45, 7) is 1.59. The predicted molar refractivity (Wildman–Crippen MR) is 158 cm³/mol. The first-order chi connectivity index (χ1) is 20.0. The Labute approximate surface area is 238 Å². The van der Waals surface area contributed by atoms with Crippen LogP contribution >= 0.6 is 0 Å². The minimum atomic E-state index is -0.142. The van der Waals surface area contributed by atoms with Crippen molar-refractivity contribution >= 4 is 23.7 Å². The van der Waals surface area contributed by atoms with Crippen LogP contribution in [0.2, 0.25) is 0 Å². The van der Waals surface area contributed by atoms with E-state index in [1.165, 1.54) is 36.4 Å². The Morgan fingerprint density at radius 2 is 0.878 bits per heavy atom. The number of hydrogen-bond acceptors (Lipinski definition) is 7. The molecule has 7 nitrogen and oxygen atoms in total. The van der Waals surface area contributed by atoms with Gasteiger partial charge in [0.1, 0.15) is 36.2 Å². The molecule has 0 saturated heterocycles. The lowest BCUT2D eigenvalue weighted by Gasteiger charge is -2.09. The first-order valence-electron chi connectivity index (χ1n) is 13.0. The van der Waals surface area contributed by atoms with Gasteiger partial charge < -0.3 is 24.4 Å². The highest BCUT2D eigenvalue weighted by atomic mass is 16.5. The van der Waals surface area contributed by atoms with Crippen LogP contribution in [0, 0.1) is 0 Å². The van der Waals surface area contributed by atoms with Gasteiger partial charge in [0.25, 0.3) is 0 Å². The second-order valence-electron chi connectivity index (χ2n) is 8.94. The van der Waals surface area contributed by atoms with Gasteiger partial charge in [-0.25, -0.2) is 0 Å². The van der Waals surface area contributed by atoms with Crippen LogP contribution in [0.4, 0.5) is 0 Å². The van der Waals surface area contributed by atoms with Gasteiger partial charge in [0.05, 0.1) is 13.2 Å². The third-order valence-electron chi connectivity index (χ3n) is 5.91. The summed E-state index contributed by atoms with van der Waals surface area (Å²) in [6, 6.07) is 27.0. The quantitative estimate of drug-likeness (QED) is 0.107. The van der Waals surface area contributed by atoms with Crippen LogP contribution in [-0.2, 0) is 4.74 Å². The summed E-state index contributed by atoms with van der Waals surface area (Å²) >= 11 is 0. The lowest BCUT2D eigenvalue weighted by Crippen LogP contribution is -2.12. The van der Waals surface area contributed by atoms with Crippen LogP contribution in [0.3, 0.4) is 0 Å². The predicted octanol–water partition coefficient (Wildman–Crippen LogP) is 6.36. The van der Waals surface area contributed by atoms with Gasteiger partial charge in [-0.1, -0.05) is 36.4 Å². The number of ether oxygens (including phenoxy) is 3. The van der Waals surface area contributed by atoms with Crippen molar-refractivity contribution in [3.8, 4) is 23.0 Å². The van der Waals surface area contributed by atoms with Gasteiger partial charge in [-0.2, -0.15) is 0 Å². The van der Waals surface area contributed by atoms with Crippen LogP contribution in [0.15, 0.2) is 109 Å². The minimum absolute atomic E-state index is 0.121. The van der Waals surface area contributed by atoms with Crippen LogP contribution in [0.25, 0.3) is 12.2 Å². The smallest absolute Gasteiger partial charge is 0.185 e. The topological polar surface area (TPSA) is 102 Å². The summed E-state index contributed by atoms with van der Waals surface area (Å²) in [5, 5.41) is 18.7. The maximum Gasteiger partial charge on any atom is 0.185 e. The normalized spacial score (nSPS) is 11.1. The van der Waals surface area contributed by atoms with Gasteiger partial charge in [0.2, 0.25) is 0 Å². The van der Waals surface area contributed by atoms with Crippen molar-refractivity contribution in [2.75, 3.05) is 26.4 Å². The second-order valence-corrected chi connectivity index (χ2v) is 8.94. The molecule has 0 aromatic heterocycles. The molecular weight excluding hydrogens is 520 g/mol. The van der Waals surface area contributed by atoms with E-state index in [0.717, 1.165) is 11.1 Å². The zero-order valence-corrected chi connectivity index (χ0v) is 22.3. The summed E-state index contributed by atoms with van der Waals surface area (Å²) in [6.07, 6.45) is 6.44. The number of ketones is 2. The molecule has 4 aromatic rings. The van der Waals surface area contributed by atoms with Crippen LogP contribution < -0.4 is 9.47 Å². The molecule has 7 heteroatoms. The molecule has 4 rings (SSSR count). The van der Waals surface area contributed by atoms with Crippen molar-refractivity contribution in [2.45, 2.75) is 0 Å². The van der Waals surface area contributed by atoms with Crippen molar-refractivity contribution in [2.24, 2.45) is 0 Å². The largest absolute Gasteiger partial charge is 0.508 e. The van der Waals surface area contributed by atoms with E-state index in [0.29, 0.717) is 49.1 Å².